The van der Waals surface area contributed by atoms with Crippen molar-refractivity contribution >= 4 is 17.3 Å². The van der Waals surface area contributed by atoms with E-state index in [4.69, 9.17) is 0 Å². The predicted molar refractivity (Wildman–Crippen MR) is 73.6 cm³/mol. The minimum absolute atomic E-state index is 0.139. The van der Waals surface area contributed by atoms with E-state index in [1.54, 1.807) is 12.5 Å². The molecule has 0 atom stereocenters. The van der Waals surface area contributed by atoms with Gasteiger partial charge in [0.15, 0.2) is 0 Å². The van der Waals surface area contributed by atoms with Gasteiger partial charge in [-0.1, -0.05) is 0 Å². The topological polar surface area (TPSA) is 111 Å². The molecule has 20 heavy (non-hydrogen) atoms. The van der Waals surface area contributed by atoms with Crippen LogP contribution in [0, 0.1) is 10.1 Å². The van der Waals surface area contributed by atoms with Crippen molar-refractivity contribution in [2.75, 3.05) is 23.7 Å². The van der Waals surface area contributed by atoms with Crippen LogP contribution in [-0.2, 0) is 6.54 Å². The molecule has 0 saturated carbocycles. The standard InChI is InChI=1S/C11H15N7O2/c1-2-13-10-9(18(19)20)11(16-7-15-10)14-4-6-17-5-3-12-8-17/h3,5,7-8H,2,4,6H2,1H3,(H2,13,14,15,16). The van der Waals surface area contributed by atoms with E-state index >= 15 is 0 Å². The first-order valence-corrected chi connectivity index (χ1v) is 6.15. The molecule has 0 fully saturated rings. The van der Waals surface area contributed by atoms with Gasteiger partial charge >= 0.3 is 5.69 Å². The maximum absolute atomic E-state index is 11.1. The van der Waals surface area contributed by atoms with Crippen LogP contribution < -0.4 is 10.6 Å². The Labute approximate surface area is 115 Å². The molecule has 0 aliphatic rings. The Morgan fingerprint density at radius 2 is 2.10 bits per heavy atom. The second-order valence-electron chi connectivity index (χ2n) is 3.93. The van der Waals surface area contributed by atoms with Crippen molar-refractivity contribution in [2.45, 2.75) is 13.5 Å². The fraction of sp³-hybridized carbons (Fsp3) is 0.364. The summed E-state index contributed by atoms with van der Waals surface area (Å²) >= 11 is 0. The number of imidazole rings is 1. The summed E-state index contributed by atoms with van der Waals surface area (Å²) in [6.07, 6.45) is 6.47. The second-order valence-corrected chi connectivity index (χ2v) is 3.93. The molecule has 9 nitrogen and oxygen atoms in total. The van der Waals surface area contributed by atoms with Gasteiger partial charge < -0.3 is 15.2 Å². The lowest BCUT2D eigenvalue weighted by molar-refractivity contribution is -0.383. The summed E-state index contributed by atoms with van der Waals surface area (Å²) in [5.41, 5.74) is -0.139. The molecule has 106 valence electrons. The number of aromatic nitrogens is 4. The number of nitrogens with one attached hydrogen (secondary N) is 2. The van der Waals surface area contributed by atoms with Gasteiger partial charge in [-0.2, -0.15) is 0 Å². The van der Waals surface area contributed by atoms with Crippen molar-refractivity contribution in [3.05, 3.63) is 35.2 Å². The Morgan fingerprint density at radius 1 is 1.35 bits per heavy atom. The zero-order valence-electron chi connectivity index (χ0n) is 11.0. The number of hydrogen-bond donors (Lipinski definition) is 2. The van der Waals surface area contributed by atoms with Crippen molar-refractivity contribution in [1.82, 2.24) is 19.5 Å². The maximum atomic E-state index is 11.1. The number of nitrogens with zero attached hydrogens (tertiary/aromatic N) is 5. The first-order valence-electron chi connectivity index (χ1n) is 6.15. The Balaban J connectivity index is 2.09. The molecule has 0 bridgehead atoms. The van der Waals surface area contributed by atoms with Crippen molar-refractivity contribution < 1.29 is 4.92 Å². The zero-order valence-corrected chi connectivity index (χ0v) is 11.0. The summed E-state index contributed by atoms with van der Waals surface area (Å²) in [5, 5.41) is 16.9. The maximum Gasteiger partial charge on any atom is 0.353 e. The molecule has 9 heteroatoms. The SMILES string of the molecule is CCNc1ncnc(NCCn2ccnc2)c1[N+](=O)[O-]. The fourth-order valence-corrected chi connectivity index (χ4v) is 1.70. The van der Waals surface area contributed by atoms with Gasteiger partial charge in [0.25, 0.3) is 0 Å². The Bertz CT molecular complexity index is 570. The Morgan fingerprint density at radius 3 is 2.70 bits per heavy atom. The summed E-state index contributed by atoms with van der Waals surface area (Å²) in [5.74, 6) is 0.429. The van der Waals surface area contributed by atoms with Crippen LogP contribution in [0.15, 0.2) is 25.0 Å². The van der Waals surface area contributed by atoms with E-state index in [-0.39, 0.29) is 17.3 Å². The summed E-state index contributed by atoms with van der Waals surface area (Å²) in [6.45, 7) is 3.53. The minimum atomic E-state index is -0.489. The number of rotatable bonds is 7. The van der Waals surface area contributed by atoms with Crippen LogP contribution in [0.4, 0.5) is 17.3 Å². The number of nitro groups is 1. The van der Waals surface area contributed by atoms with E-state index in [0.29, 0.717) is 19.6 Å². The molecule has 0 unspecified atom stereocenters. The summed E-state index contributed by atoms with van der Waals surface area (Å²) in [4.78, 5) is 22.4. The quantitative estimate of drug-likeness (QED) is 0.576. The first kappa shape index (κ1) is 13.7. The molecule has 2 rings (SSSR count). The summed E-state index contributed by atoms with van der Waals surface area (Å²) in [7, 11) is 0. The molecule has 2 aromatic heterocycles. The van der Waals surface area contributed by atoms with Crippen molar-refractivity contribution in [3.63, 3.8) is 0 Å². The first-order chi connectivity index (χ1) is 9.72. The number of anilines is 2. The molecular weight excluding hydrogens is 262 g/mol. The third-order valence-corrected chi connectivity index (χ3v) is 2.57. The lowest BCUT2D eigenvalue weighted by Crippen LogP contribution is -2.13. The molecule has 0 aliphatic carbocycles. The van der Waals surface area contributed by atoms with Crippen LogP contribution in [0.25, 0.3) is 0 Å². The molecule has 0 spiro atoms. The molecule has 0 saturated heterocycles. The normalized spacial score (nSPS) is 10.2. The van der Waals surface area contributed by atoms with Gasteiger partial charge in [0, 0.05) is 32.0 Å². The van der Waals surface area contributed by atoms with Crippen molar-refractivity contribution in [1.29, 1.82) is 0 Å². The average molecular weight is 277 g/mol. The Hall–Kier alpha value is -2.71. The molecule has 0 amide bonds. The monoisotopic (exact) mass is 277 g/mol. The zero-order chi connectivity index (χ0) is 14.4. The van der Waals surface area contributed by atoms with Crippen molar-refractivity contribution in [2.24, 2.45) is 0 Å². The van der Waals surface area contributed by atoms with Crippen LogP contribution in [0.3, 0.4) is 0 Å². The largest absolute Gasteiger partial charge is 0.364 e. The third-order valence-electron chi connectivity index (χ3n) is 2.57. The molecule has 2 N–H and O–H groups in total. The predicted octanol–water partition coefficient (Wildman–Crippen LogP) is 1.13. The van der Waals surface area contributed by atoms with E-state index in [0.717, 1.165) is 0 Å². The molecule has 2 aromatic rings. The average Bonchev–Trinajstić information content (AvgIpc) is 2.92. The van der Waals surface area contributed by atoms with Gasteiger partial charge in [-0.05, 0) is 6.92 Å². The summed E-state index contributed by atoms with van der Waals surface area (Å²) < 4.78 is 1.87. The highest BCUT2D eigenvalue weighted by molar-refractivity contribution is 5.69. The molecule has 0 aliphatic heterocycles. The third kappa shape index (κ3) is 3.19. The van der Waals surface area contributed by atoms with Crippen LogP contribution in [0.1, 0.15) is 6.92 Å². The van der Waals surface area contributed by atoms with Gasteiger partial charge in [0.1, 0.15) is 6.33 Å². The number of hydrogen-bond acceptors (Lipinski definition) is 7. The van der Waals surface area contributed by atoms with Crippen LogP contribution in [-0.4, -0.2) is 37.5 Å². The van der Waals surface area contributed by atoms with Crippen LogP contribution >= 0.6 is 0 Å². The highest BCUT2D eigenvalue weighted by Crippen LogP contribution is 2.28. The minimum Gasteiger partial charge on any atom is -0.364 e. The van der Waals surface area contributed by atoms with E-state index in [1.807, 2.05) is 17.7 Å². The smallest absolute Gasteiger partial charge is 0.353 e. The van der Waals surface area contributed by atoms with Crippen LogP contribution in [0.5, 0.6) is 0 Å². The van der Waals surface area contributed by atoms with E-state index in [1.165, 1.54) is 6.33 Å². The lowest BCUT2D eigenvalue weighted by Gasteiger charge is -2.09. The van der Waals surface area contributed by atoms with Gasteiger partial charge in [-0.3, -0.25) is 10.1 Å². The summed E-state index contributed by atoms with van der Waals surface area (Å²) in [6, 6.07) is 0. The lowest BCUT2D eigenvalue weighted by atomic mass is 10.4. The fourth-order valence-electron chi connectivity index (χ4n) is 1.70. The van der Waals surface area contributed by atoms with Gasteiger partial charge in [0.2, 0.25) is 11.6 Å². The Kier molecular flexibility index (Phi) is 4.43. The molecule has 0 radical (unpaired) electrons. The second kappa shape index (κ2) is 6.45. The van der Waals surface area contributed by atoms with Gasteiger partial charge in [-0.15, -0.1) is 0 Å². The van der Waals surface area contributed by atoms with Crippen molar-refractivity contribution in [3.8, 4) is 0 Å². The van der Waals surface area contributed by atoms with Gasteiger partial charge in [-0.25, -0.2) is 15.0 Å². The van der Waals surface area contributed by atoms with E-state index < -0.39 is 4.92 Å². The van der Waals surface area contributed by atoms with Crippen LogP contribution in [0.2, 0.25) is 0 Å². The van der Waals surface area contributed by atoms with E-state index in [9.17, 15) is 10.1 Å². The molecule has 2 heterocycles. The molecular formula is C11H15N7O2. The van der Waals surface area contributed by atoms with Gasteiger partial charge in [0.05, 0.1) is 11.3 Å². The van der Waals surface area contributed by atoms with E-state index in [2.05, 4.69) is 25.6 Å². The highest BCUT2D eigenvalue weighted by Gasteiger charge is 2.22. The molecule has 0 aromatic carbocycles. The highest BCUT2D eigenvalue weighted by atomic mass is 16.6.